The number of carbonyl (C=O) groups is 2. The van der Waals surface area contributed by atoms with Gasteiger partial charge >= 0.3 is 6.18 Å². The van der Waals surface area contributed by atoms with Crippen LogP contribution in [0.1, 0.15) is 5.56 Å². The summed E-state index contributed by atoms with van der Waals surface area (Å²) in [7, 11) is 2.74. The van der Waals surface area contributed by atoms with Gasteiger partial charge < -0.3 is 14.5 Å². The summed E-state index contributed by atoms with van der Waals surface area (Å²) in [6.45, 7) is -2.31. The number of alkyl halides is 3. The molecule has 0 saturated heterocycles. The topological polar surface area (TPSA) is 49.9 Å². The van der Waals surface area contributed by atoms with Gasteiger partial charge in [-0.05, 0) is 6.07 Å². The fourth-order valence-corrected chi connectivity index (χ4v) is 2.30. The Kier molecular flexibility index (Phi) is 5.00. The fourth-order valence-electron chi connectivity index (χ4n) is 2.30. The first-order valence-corrected chi connectivity index (χ1v) is 7.08. The van der Waals surface area contributed by atoms with E-state index in [1.165, 1.54) is 26.2 Å². The van der Waals surface area contributed by atoms with Crippen LogP contribution in [0.4, 0.5) is 17.6 Å². The van der Waals surface area contributed by atoms with Gasteiger partial charge in [-0.15, -0.1) is 0 Å². The maximum absolute atomic E-state index is 13.6. The van der Waals surface area contributed by atoms with Crippen molar-refractivity contribution in [1.29, 1.82) is 0 Å². The molecule has 0 saturated carbocycles. The Labute approximate surface area is 135 Å². The predicted molar refractivity (Wildman–Crippen MR) is 75.8 cm³/mol. The highest BCUT2D eigenvalue weighted by atomic mass is 19.4. The average molecular weight is 348 g/mol. The normalized spacial score (nSPS) is 16.3. The minimum atomic E-state index is -4.67. The fraction of sp³-hybridized carbons (Fsp3) is 0.467. The van der Waals surface area contributed by atoms with Gasteiger partial charge in [-0.3, -0.25) is 9.59 Å². The molecular formula is C15H16F4N2O3. The highest BCUT2D eigenvalue weighted by molar-refractivity contribution is 5.87. The molecule has 9 heteroatoms. The van der Waals surface area contributed by atoms with Crippen molar-refractivity contribution >= 4 is 11.8 Å². The molecule has 0 N–H and O–H groups in total. The van der Waals surface area contributed by atoms with Gasteiger partial charge in [0.25, 0.3) is 5.91 Å². The van der Waals surface area contributed by atoms with Crippen molar-refractivity contribution in [2.45, 2.75) is 18.7 Å². The van der Waals surface area contributed by atoms with Gasteiger partial charge in [0.05, 0.1) is 0 Å². The molecule has 0 aromatic heterocycles. The van der Waals surface area contributed by atoms with Gasteiger partial charge in [-0.1, -0.05) is 12.1 Å². The molecule has 0 aliphatic carbocycles. The maximum atomic E-state index is 13.6. The molecule has 132 valence electrons. The molecule has 5 nitrogen and oxygen atoms in total. The summed E-state index contributed by atoms with van der Waals surface area (Å²) in [6, 6.07) is 4.09. The minimum Gasteiger partial charge on any atom is -0.477 e. The molecule has 1 aromatic carbocycles. The largest absolute Gasteiger partial charge is 0.477 e. The zero-order chi connectivity index (χ0) is 18.1. The maximum Gasteiger partial charge on any atom is 0.406 e. The summed E-state index contributed by atoms with van der Waals surface area (Å²) in [6.07, 6.45) is -6.00. The number of para-hydroxylation sites is 1. The number of hydrogen-bond donors (Lipinski definition) is 0. The van der Waals surface area contributed by atoms with Gasteiger partial charge in [0.1, 0.15) is 13.1 Å². The molecule has 0 spiro atoms. The number of hydrogen-bond acceptors (Lipinski definition) is 3. The average Bonchev–Trinajstić information content (AvgIpc) is 2.89. The SMILES string of the molecule is CN(C)C(=O)CN(CC(F)(F)F)C(=O)[C@@H]1Cc2cccc(F)c2O1. The van der Waals surface area contributed by atoms with Crippen LogP contribution < -0.4 is 4.74 Å². The summed E-state index contributed by atoms with van der Waals surface area (Å²) in [5.41, 5.74) is 0.402. The first-order chi connectivity index (χ1) is 11.1. The van der Waals surface area contributed by atoms with Gasteiger partial charge in [0.15, 0.2) is 17.7 Å². The van der Waals surface area contributed by atoms with Gasteiger partial charge in [0, 0.05) is 26.1 Å². The van der Waals surface area contributed by atoms with Crippen LogP contribution in [0.3, 0.4) is 0 Å². The van der Waals surface area contributed by atoms with E-state index < -0.39 is 43.0 Å². The van der Waals surface area contributed by atoms with Crippen molar-refractivity contribution in [2.24, 2.45) is 0 Å². The molecule has 1 aliphatic rings. The van der Waals surface area contributed by atoms with Crippen LogP contribution in [0, 0.1) is 5.82 Å². The Bertz CT molecular complexity index is 646. The van der Waals surface area contributed by atoms with E-state index >= 15 is 0 Å². The van der Waals surface area contributed by atoms with Crippen molar-refractivity contribution in [2.75, 3.05) is 27.2 Å². The quantitative estimate of drug-likeness (QED) is 0.777. The number of rotatable bonds is 4. The highest BCUT2D eigenvalue weighted by Gasteiger charge is 2.39. The number of amides is 2. The van der Waals surface area contributed by atoms with Crippen LogP contribution in [0.5, 0.6) is 5.75 Å². The van der Waals surface area contributed by atoms with Crippen LogP contribution in [-0.2, 0) is 16.0 Å². The Morgan fingerprint density at radius 2 is 1.96 bits per heavy atom. The smallest absolute Gasteiger partial charge is 0.406 e. The van der Waals surface area contributed by atoms with Crippen molar-refractivity contribution in [1.82, 2.24) is 9.80 Å². The third-order valence-electron chi connectivity index (χ3n) is 3.50. The van der Waals surface area contributed by atoms with Crippen LogP contribution in [0.25, 0.3) is 0 Å². The van der Waals surface area contributed by atoms with E-state index in [1.807, 2.05) is 0 Å². The Morgan fingerprint density at radius 3 is 2.50 bits per heavy atom. The molecule has 0 unspecified atom stereocenters. The summed E-state index contributed by atoms with van der Waals surface area (Å²) < 4.78 is 56.9. The Hall–Kier alpha value is -2.32. The molecule has 24 heavy (non-hydrogen) atoms. The van der Waals surface area contributed by atoms with E-state index in [-0.39, 0.29) is 12.2 Å². The molecule has 0 radical (unpaired) electrons. The monoisotopic (exact) mass is 348 g/mol. The molecule has 1 aromatic rings. The number of ether oxygens (including phenoxy) is 1. The third kappa shape index (κ3) is 4.15. The lowest BCUT2D eigenvalue weighted by atomic mass is 10.1. The highest BCUT2D eigenvalue weighted by Crippen LogP contribution is 2.32. The lowest BCUT2D eigenvalue weighted by molar-refractivity contribution is -0.167. The van der Waals surface area contributed by atoms with E-state index in [9.17, 15) is 27.2 Å². The third-order valence-corrected chi connectivity index (χ3v) is 3.50. The Morgan fingerprint density at radius 1 is 1.29 bits per heavy atom. The minimum absolute atomic E-state index is 0.0452. The van der Waals surface area contributed by atoms with Crippen molar-refractivity contribution in [3.05, 3.63) is 29.6 Å². The van der Waals surface area contributed by atoms with E-state index in [0.717, 1.165) is 11.0 Å². The molecule has 2 rings (SSSR count). The number of benzene rings is 1. The first-order valence-electron chi connectivity index (χ1n) is 7.08. The van der Waals surface area contributed by atoms with Crippen LogP contribution in [0.2, 0.25) is 0 Å². The first kappa shape index (κ1) is 18.0. The second-order valence-electron chi connectivity index (χ2n) is 5.64. The summed E-state index contributed by atoms with van der Waals surface area (Å²) in [4.78, 5) is 25.5. The molecule has 1 aliphatic heterocycles. The molecule has 0 fully saturated rings. The number of fused-ring (bicyclic) bond motifs is 1. The molecule has 2 amide bonds. The van der Waals surface area contributed by atoms with Crippen LogP contribution in [0.15, 0.2) is 18.2 Å². The van der Waals surface area contributed by atoms with Crippen molar-refractivity contribution in [3.8, 4) is 5.75 Å². The molecule has 1 heterocycles. The second kappa shape index (κ2) is 6.66. The number of likely N-dealkylation sites (N-methyl/N-ethyl adjacent to an activating group) is 1. The van der Waals surface area contributed by atoms with Gasteiger partial charge in [-0.2, -0.15) is 13.2 Å². The second-order valence-corrected chi connectivity index (χ2v) is 5.64. The molecule has 0 bridgehead atoms. The zero-order valence-electron chi connectivity index (χ0n) is 13.1. The van der Waals surface area contributed by atoms with Crippen LogP contribution >= 0.6 is 0 Å². The number of nitrogens with zero attached hydrogens (tertiary/aromatic N) is 2. The van der Waals surface area contributed by atoms with Gasteiger partial charge in [0.2, 0.25) is 5.91 Å². The summed E-state index contributed by atoms with van der Waals surface area (Å²) in [5.74, 6) is -2.48. The van der Waals surface area contributed by atoms with Crippen molar-refractivity contribution in [3.63, 3.8) is 0 Å². The Balaban J connectivity index is 2.16. The van der Waals surface area contributed by atoms with Gasteiger partial charge in [-0.25, -0.2) is 4.39 Å². The standard InChI is InChI=1S/C15H16F4N2O3/c1-20(2)12(22)7-21(8-15(17,18)19)14(23)11-6-9-4-3-5-10(16)13(9)24-11/h3-5,11H,6-8H2,1-2H3/t11-/m0/s1. The lowest BCUT2D eigenvalue weighted by Gasteiger charge is -2.26. The summed E-state index contributed by atoms with van der Waals surface area (Å²) in [5, 5.41) is 0. The van der Waals surface area contributed by atoms with E-state index in [0.29, 0.717) is 10.5 Å². The summed E-state index contributed by atoms with van der Waals surface area (Å²) >= 11 is 0. The molecular weight excluding hydrogens is 332 g/mol. The van der Waals surface area contributed by atoms with E-state index in [2.05, 4.69) is 0 Å². The lowest BCUT2D eigenvalue weighted by Crippen LogP contribution is -2.49. The zero-order valence-corrected chi connectivity index (χ0v) is 13.1. The predicted octanol–water partition coefficient (Wildman–Crippen LogP) is 1.61. The van der Waals surface area contributed by atoms with Crippen molar-refractivity contribution < 1.29 is 31.9 Å². The number of carbonyl (C=O) groups excluding carboxylic acids is 2. The van der Waals surface area contributed by atoms with E-state index in [1.54, 1.807) is 0 Å². The number of halogens is 4. The van der Waals surface area contributed by atoms with E-state index in [4.69, 9.17) is 4.74 Å². The molecule has 1 atom stereocenters. The van der Waals surface area contributed by atoms with Crippen LogP contribution in [-0.4, -0.2) is 61.1 Å².